The highest BCUT2D eigenvalue weighted by molar-refractivity contribution is 5.99. The lowest BCUT2D eigenvalue weighted by atomic mass is 10.1. The van der Waals surface area contributed by atoms with Gasteiger partial charge in [-0.3, -0.25) is 4.79 Å². The number of hydrogen-bond acceptors (Lipinski definition) is 6. The van der Waals surface area contributed by atoms with Crippen molar-refractivity contribution in [2.75, 3.05) is 6.61 Å². The number of benzene rings is 1. The Kier molecular flexibility index (Phi) is 4.19. The number of ether oxygens (including phenoxy) is 1. The van der Waals surface area contributed by atoms with Gasteiger partial charge in [-0.25, -0.2) is 19.4 Å². The van der Waals surface area contributed by atoms with Gasteiger partial charge in [-0.1, -0.05) is 30.3 Å². The summed E-state index contributed by atoms with van der Waals surface area (Å²) in [7, 11) is 0. The fourth-order valence-electron chi connectivity index (χ4n) is 1.97. The number of pyridine rings is 1. The summed E-state index contributed by atoms with van der Waals surface area (Å²) in [5, 5.41) is 3.94. The molecule has 0 atom stereocenters. The van der Waals surface area contributed by atoms with Crippen LogP contribution in [0.5, 0.6) is 0 Å². The van der Waals surface area contributed by atoms with Gasteiger partial charge in [-0.05, 0) is 12.1 Å². The summed E-state index contributed by atoms with van der Waals surface area (Å²) < 4.78 is 6.45. The molecule has 7 nitrogen and oxygen atoms in total. The molecule has 0 saturated heterocycles. The van der Waals surface area contributed by atoms with Gasteiger partial charge in [-0.15, -0.1) is 0 Å². The van der Waals surface area contributed by atoms with Crippen LogP contribution in [0.25, 0.3) is 5.82 Å². The van der Waals surface area contributed by atoms with Crippen LogP contribution in [-0.2, 0) is 4.74 Å². The van der Waals surface area contributed by atoms with Crippen molar-refractivity contribution in [2.45, 2.75) is 0 Å². The summed E-state index contributed by atoms with van der Waals surface area (Å²) in [6, 6.07) is 11.8. The molecule has 0 aliphatic rings. The quantitative estimate of drug-likeness (QED) is 0.526. The molecule has 0 bridgehead atoms. The van der Waals surface area contributed by atoms with Crippen LogP contribution in [-0.4, -0.2) is 38.1 Å². The third-order valence-electron chi connectivity index (χ3n) is 3.07. The first kappa shape index (κ1) is 14.6. The highest BCUT2D eigenvalue weighted by atomic mass is 16.5. The van der Waals surface area contributed by atoms with E-state index in [-0.39, 0.29) is 18.0 Å². The molecule has 0 aliphatic carbocycles. The number of esters is 1. The standard InChI is InChI=1S/C16H12N4O3/c21-14(12-5-2-1-3-6-12)9-23-16(22)13-7-4-8-18-15(13)20-11-17-10-19-20/h1-8,10-11H,9H2. The maximum atomic E-state index is 12.2. The van der Waals surface area contributed by atoms with E-state index in [4.69, 9.17) is 4.74 Å². The average molecular weight is 308 g/mol. The average Bonchev–Trinajstić information content (AvgIpc) is 3.14. The summed E-state index contributed by atoms with van der Waals surface area (Å²) in [6.45, 7) is -0.339. The Morgan fingerprint density at radius 3 is 2.65 bits per heavy atom. The number of nitrogens with zero attached hydrogens (tertiary/aromatic N) is 4. The van der Waals surface area contributed by atoms with Crippen LogP contribution in [0.4, 0.5) is 0 Å². The van der Waals surface area contributed by atoms with E-state index in [2.05, 4.69) is 15.1 Å². The molecule has 1 aromatic carbocycles. The Labute approximate surface area is 131 Å². The molecule has 114 valence electrons. The largest absolute Gasteiger partial charge is 0.454 e. The molecular weight excluding hydrogens is 296 g/mol. The second kappa shape index (κ2) is 6.61. The summed E-state index contributed by atoms with van der Waals surface area (Å²) in [6.07, 6.45) is 4.29. The van der Waals surface area contributed by atoms with E-state index in [0.717, 1.165) is 0 Å². The number of rotatable bonds is 5. The number of carbonyl (C=O) groups is 2. The van der Waals surface area contributed by atoms with Crippen molar-refractivity contribution in [3.8, 4) is 5.82 Å². The van der Waals surface area contributed by atoms with Gasteiger partial charge in [0.1, 0.15) is 18.2 Å². The Bertz CT molecular complexity index is 816. The lowest BCUT2D eigenvalue weighted by Gasteiger charge is -2.08. The van der Waals surface area contributed by atoms with Crippen molar-refractivity contribution in [3.63, 3.8) is 0 Å². The maximum Gasteiger partial charge on any atom is 0.342 e. The van der Waals surface area contributed by atoms with Crippen LogP contribution in [0.15, 0.2) is 61.3 Å². The smallest absolute Gasteiger partial charge is 0.342 e. The van der Waals surface area contributed by atoms with Gasteiger partial charge < -0.3 is 4.74 Å². The van der Waals surface area contributed by atoms with Gasteiger partial charge >= 0.3 is 5.97 Å². The van der Waals surface area contributed by atoms with E-state index >= 15 is 0 Å². The van der Waals surface area contributed by atoms with E-state index in [9.17, 15) is 9.59 Å². The molecule has 0 fully saturated rings. The summed E-state index contributed by atoms with van der Waals surface area (Å²) in [5.74, 6) is -0.625. The number of ketones is 1. The van der Waals surface area contributed by atoms with E-state index in [0.29, 0.717) is 11.4 Å². The van der Waals surface area contributed by atoms with Crippen LogP contribution in [0.2, 0.25) is 0 Å². The molecule has 0 saturated carbocycles. The predicted octanol–water partition coefficient (Wildman–Crippen LogP) is 1.70. The molecule has 0 radical (unpaired) electrons. The van der Waals surface area contributed by atoms with Crippen LogP contribution >= 0.6 is 0 Å². The Balaban J connectivity index is 1.73. The van der Waals surface area contributed by atoms with Crippen LogP contribution in [0.3, 0.4) is 0 Å². The number of aromatic nitrogens is 4. The van der Waals surface area contributed by atoms with Crippen molar-refractivity contribution in [2.24, 2.45) is 0 Å². The fraction of sp³-hybridized carbons (Fsp3) is 0.0625. The zero-order valence-electron chi connectivity index (χ0n) is 12.0. The van der Waals surface area contributed by atoms with Gasteiger partial charge in [0.15, 0.2) is 18.2 Å². The normalized spacial score (nSPS) is 10.3. The first-order chi connectivity index (χ1) is 11.3. The van der Waals surface area contributed by atoms with Crippen LogP contribution < -0.4 is 0 Å². The highest BCUT2D eigenvalue weighted by Gasteiger charge is 2.17. The first-order valence-corrected chi connectivity index (χ1v) is 6.81. The van der Waals surface area contributed by atoms with Gasteiger partial charge in [0.25, 0.3) is 0 Å². The van der Waals surface area contributed by atoms with Crippen molar-refractivity contribution < 1.29 is 14.3 Å². The monoisotopic (exact) mass is 308 g/mol. The molecular formula is C16H12N4O3. The maximum absolute atomic E-state index is 12.2. The predicted molar refractivity (Wildman–Crippen MR) is 80.2 cm³/mol. The minimum Gasteiger partial charge on any atom is -0.454 e. The van der Waals surface area contributed by atoms with E-state index in [1.54, 1.807) is 36.4 Å². The van der Waals surface area contributed by atoms with Crippen molar-refractivity contribution in [1.29, 1.82) is 0 Å². The van der Waals surface area contributed by atoms with Gasteiger partial charge in [0.2, 0.25) is 0 Å². The molecule has 3 rings (SSSR count). The summed E-state index contributed by atoms with van der Waals surface area (Å²) in [4.78, 5) is 32.1. The third kappa shape index (κ3) is 3.29. The van der Waals surface area contributed by atoms with Crippen molar-refractivity contribution >= 4 is 11.8 Å². The van der Waals surface area contributed by atoms with Crippen molar-refractivity contribution in [3.05, 3.63) is 72.4 Å². The molecule has 0 spiro atoms. The summed E-state index contributed by atoms with van der Waals surface area (Å²) in [5.41, 5.74) is 0.696. The van der Waals surface area contributed by atoms with Crippen LogP contribution in [0.1, 0.15) is 20.7 Å². The lowest BCUT2D eigenvalue weighted by Crippen LogP contribution is -2.16. The number of carbonyl (C=O) groups excluding carboxylic acids is 2. The molecule has 0 amide bonds. The van der Waals surface area contributed by atoms with Gasteiger partial charge in [-0.2, -0.15) is 5.10 Å². The Morgan fingerprint density at radius 1 is 1.09 bits per heavy atom. The number of Topliss-reactive ketones (excluding diaryl/α,β-unsaturated/α-hetero) is 1. The molecule has 2 aromatic heterocycles. The minimum absolute atomic E-state index is 0.207. The fourth-order valence-corrected chi connectivity index (χ4v) is 1.97. The molecule has 0 unspecified atom stereocenters. The zero-order chi connectivity index (χ0) is 16.1. The second-order valence-electron chi connectivity index (χ2n) is 4.58. The van der Waals surface area contributed by atoms with E-state index < -0.39 is 5.97 Å². The molecule has 3 aromatic rings. The first-order valence-electron chi connectivity index (χ1n) is 6.81. The van der Waals surface area contributed by atoms with E-state index in [1.807, 2.05) is 6.07 Å². The van der Waals surface area contributed by atoms with Crippen LogP contribution in [0, 0.1) is 0 Å². The lowest BCUT2D eigenvalue weighted by molar-refractivity contribution is 0.0474. The molecule has 0 aliphatic heterocycles. The molecule has 2 heterocycles. The SMILES string of the molecule is O=C(COC(=O)c1cccnc1-n1cncn1)c1ccccc1. The highest BCUT2D eigenvalue weighted by Crippen LogP contribution is 2.11. The zero-order valence-corrected chi connectivity index (χ0v) is 12.0. The van der Waals surface area contributed by atoms with Crippen molar-refractivity contribution in [1.82, 2.24) is 19.7 Å². The third-order valence-corrected chi connectivity index (χ3v) is 3.07. The molecule has 7 heteroatoms. The number of hydrogen-bond donors (Lipinski definition) is 0. The summed E-state index contributed by atoms with van der Waals surface area (Å²) >= 11 is 0. The van der Waals surface area contributed by atoms with Gasteiger partial charge in [0, 0.05) is 11.8 Å². The molecule has 0 N–H and O–H groups in total. The van der Waals surface area contributed by atoms with E-state index in [1.165, 1.54) is 23.5 Å². The Hall–Kier alpha value is -3.35. The second-order valence-corrected chi connectivity index (χ2v) is 4.58. The topological polar surface area (TPSA) is 87.0 Å². The minimum atomic E-state index is -0.645. The van der Waals surface area contributed by atoms with Gasteiger partial charge in [0.05, 0.1) is 0 Å². The molecule has 23 heavy (non-hydrogen) atoms. The Morgan fingerprint density at radius 2 is 1.91 bits per heavy atom.